The molecule has 0 heterocycles. The van der Waals surface area contributed by atoms with Gasteiger partial charge in [0.25, 0.3) is 0 Å². The first-order valence-electron chi connectivity index (χ1n) is 3.97. The zero-order chi connectivity index (χ0) is 11.6. The number of aliphatic hydroxyl groups excluding tert-OH is 1. The van der Waals surface area contributed by atoms with Crippen molar-refractivity contribution in [2.45, 2.75) is 12.3 Å². The summed E-state index contributed by atoms with van der Waals surface area (Å²) in [5.41, 5.74) is -1.65. The second-order valence-electron chi connectivity index (χ2n) is 2.91. The molecule has 0 saturated carbocycles. The fraction of sp³-hybridized carbons (Fsp3) is 0.333. The zero-order valence-corrected chi connectivity index (χ0v) is 7.35. The molecular weight excluding hydrogens is 219 g/mol. The van der Waals surface area contributed by atoms with E-state index in [-0.39, 0.29) is 5.56 Å². The fourth-order valence-corrected chi connectivity index (χ4v) is 1.06. The molecule has 0 fully saturated rings. The van der Waals surface area contributed by atoms with Crippen molar-refractivity contribution in [1.82, 2.24) is 0 Å². The Balaban J connectivity index is 3.09. The van der Waals surface area contributed by atoms with Crippen LogP contribution in [0.15, 0.2) is 18.2 Å². The molecule has 84 valence electrons. The Hall–Kier alpha value is -1.17. The first-order valence-corrected chi connectivity index (χ1v) is 3.97. The molecule has 0 amide bonds. The summed E-state index contributed by atoms with van der Waals surface area (Å²) in [6.45, 7) is -1.18. The summed E-state index contributed by atoms with van der Waals surface area (Å²) < 4.78 is 61.1. The van der Waals surface area contributed by atoms with Gasteiger partial charge >= 0.3 is 6.18 Å². The second kappa shape index (κ2) is 4.14. The minimum Gasteiger partial charge on any atom is -0.386 e. The first kappa shape index (κ1) is 11.9. The van der Waals surface area contributed by atoms with Crippen LogP contribution in [0.4, 0.5) is 22.0 Å². The maximum absolute atomic E-state index is 12.9. The molecule has 0 aromatic heterocycles. The molecule has 1 rings (SSSR count). The lowest BCUT2D eigenvalue weighted by molar-refractivity contribution is -0.140. The SMILES string of the molecule is OC(CF)c1ccc(C(F)(F)F)c(F)c1. The van der Waals surface area contributed by atoms with Gasteiger partial charge in [-0.15, -0.1) is 0 Å². The van der Waals surface area contributed by atoms with Gasteiger partial charge in [0.15, 0.2) is 0 Å². The number of halogens is 5. The van der Waals surface area contributed by atoms with Crippen molar-refractivity contribution in [3.05, 3.63) is 35.1 Å². The summed E-state index contributed by atoms with van der Waals surface area (Å²) in [5, 5.41) is 8.92. The Bertz CT molecular complexity index is 347. The van der Waals surface area contributed by atoms with Gasteiger partial charge in [0.2, 0.25) is 0 Å². The summed E-state index contributed by atoms with van der Waals surface area (Å²) in [7, 11) is 0. The predicted molar refractivity (Wildman–Crippen MR) is 42.3 cm³/mol. The molecule has 6 heteroatoms. The zero-order valence-electron chi connectivity index (χ0n) is 7.35. The van der Waals surface area contributed by atoms with Crippen molar-refractivity contribution in [2.75, 3.05) is 6.67 Å². The van der Waals surface area contributed by atoms with Gasteiger partial charge in [-0.3, -0.25) is 0 Å². The van der Waals surface area contributed by atoms with Gasteiger partial charge in [-0.1, -0.05) is 6.07 Å². The molecule has 0 saturated heterocycles. The number of hydrogen-bond donors (Lipinski definition) is 1. The third-order valence-corrected chi connectivity index (χ3v) is 1.83. The highest BCUT2D eigenvalue weighted by Gasteiger charge is 2.34. The van der Waals surface area contributed by atoms with E-state index < -0.39 is 30.3 Å². The number of aliphatic hydroxyl groups is 1. The van der Waals surface area contributed by atoms with Crippen molar-refractivity contribution in [3.63, 3.8) is 0 Å². The van der Waals surface area contributed by atoms with Crippen LogP contribution in [0.3, 0.4) is 0 Å². The van der Waals surface area contributed by atoms with E-state index in [9.17, 15) is 22.0 Å². The number of rotatable bonds is 2. The number of alkyl halides is 4. The van der Waals surface area contributed by atoms with Crippen LogP contribution in [-0.4, -0.2) is 11.8 Å². The lowest BCUT2D eigenvalue weighted by Crippen LogP contribution is -2.09. The van der Waals surface area contributed by atoms with E-state index in [2.05, 4.69) is 0 Å². The Morgan fingerprint density at radius 3 is 2.27 bits per heavy atom. The van der Waals surface area contributed by atoms with Crippen molar-refractivity contribution >= 4 is 0 Å². The van der Waals surface area contributed by atoms with E-state index in [0.29, 0.717) is 12.1 Å². The van der Waals surface area contributed by atoms with Crippen molar-refractivity contribution in [3.8, 4) is 0 Å². The van der Waals surface area contributed by atoms with Gasteiger partial charge in [-0.25, -0.2) is 8.78 Å². The lowest BCUT2D eigenvalue weighted by atomic mass is 10.1. The summed E-state index contributed by atoms with van der Waals surface area (Å²) in [6.07, 6.45) is -6.38. The lowest BCUT2D eigenvalue weighted by Gasteiger charge is -2.11. The molecule has 0 aliphatic carbocycles. The summed E-state index contributed by atoms with van der Waals surface area (Å²) >= 11 is 0. The number of hydrogen-bond acceptors (Lipinski definition) is 1. The third-order valence-electron chi connectivity index (χ3n) is 1.83. The predicted octanol–water partition coefficient (Wildman–Crippen LogP) is 2.85. The minimum absolute atomic E-state index is 0.219. The van der Waals surface area contributed by atoms with Gasteiger partial charge in [-0.05, 0) is 17.7 Å². The average molecular weight is 226 g/mol. The van der Waals surface area contributed by atoms with Crippen LogP contribution in [0, 0.1) is 5.82 Å². The van der Waals surface area contributed by atoms with Gasteiger partial charge in [0, 0.05) is 0 Å². The molecule has 1 aromatic carbocycles. The molecule has 0 spiro atoms. The van der Waals surface area contributed by atoms with E-state index in [4.69, 9.17) is 5.11 Å². The van der Waals surface area contributed by atoms with Crippen LogP contribution < -0.4 is 0 Å². The molecule has 1 atom stereocenters. The van der Waals surface area contributed by atoms with E-state index in [0.717, 1.165) is 6.07 Å². The molecule has 0 aliphatic heterocycles. The highest BCUT2D eigenvalue weighted by molar-refractivity contribution is 5.27. The Morgan fingerprint density at radius 2 is 1.87 bits per heavy atom. The standard InChI is InChI=1S/C9H7F5O/c10-4-8(15)5-1-2-6(7(11)3-5)9(12,13)14/h1-3,8,15H,4H2. The molecule has 1 N–H and O–H groups in total. The summed E-state index contributed by atoms with van der Waals surface area (Å²) in [5.74, 6) is -1.52. The van der Waals surface area contributed by atoms with Gasteiger partial charge in [-0.2, -0.15) is 13.2 Å². The van der Waals surface area contributed by atoms with Crippen molar-refractivity contribution in [2.24, 2.45) is 0 Å². The first-order chi connectivity index (χ1) is 6.86. The van der Waals surface area contributed by atoms with Gasteiger partial charge in [0.05, 0.1) is 5.56 Å². The van der Waals surface area contributed by atoms with Crippen LogP contribution in [0.1, 0.15) is 17.2 Å². The topological polar surface area (TPSA) is 20.2 Å². The molecule has 1 nitrogen and oxygen atoms in total. The quantitative estimate of drug-likeness (QED) is 0.769. The van der Waals surface area contributed by atoms with Crippen molar-refractivity contribution < 1.29 is 27.1 Å². The molecule has 0 bridgehead atoms. The maximum Gasteiger partial charge on any atom is 0.419 e. The molecule has 15 heavy (non-hydrogen) atoms. The fourth-order valence-electron chi connectivity index (χ4n) is 1.06. The van der Waals surface area contributed by atoms with E-state index in [1.807, 2.05) is 0 Å². The smallest absolute Gasteiger partial charge is 0.386 e. The van der Waals surface area contributed by atoms with Gasteiger partial charge < -0.3 is 5.11 Å². The second-order valence-corrected chi connectivity index (χ2v) is 2.91. The molecule has 1 unspecified atom stereocenters. The van der Waals surface area contributed by atoms with Crippen molar-refractivity contribution in [1.29, 1.82) is 0 Å². The number of benzene rings is 1. The summed E-state index contributed by atoms with van der Waals surface area (Å²) in [4.78, 5) is 0. The summed E-state index contributed by atoms with van der Waals surface area (Å²) in [6, 6.07) is 1.80. The van der Waals surface area contributed by atoms with Crippen LogP contribution >= 0.6 is 0 Å². The molecular formula is C9H7F5O. The minimum atomic E-state index is -4.79. The van der Waals surface area contributed by atoms with E-state index >= 15 is 0 Å². The Morgan fingerprint density at radius 1 is 1.27 bits per heavy atom. The van der Waals surface area contributed by atoms with Crippen LogP contribution in [0.2, 0.25) is 0 Å². The van der Waals surface area contributed by atoms with Crippen LogP contribution in [-0.2, 0) is 6.18 Å². The average Bonchev–Trinajstić information content (AvgIpc) is 2.14. The molecule has 1 aromatic rings. The maximum atomic E-state index is 12.9. The molecule has 0 radical (unpaired) electrons. The Kier molecular flexibility index (Phi) is 3.28. The molecule has 0 aliphatic rings. The van der Waals surface area contributed by atoms with Crippen LogP contribution in [0.5, 0.6) is 0 Å². The van der Waals surface area contributed by atoms with E-state index in [1.165, 1.54) is 0 Å². The largest absolute Gasteiger partial charge is 0.419 e. The Labute approximate surface area is 82.1 Å². The normalized spacial score (nSPS) is 14.0. The highest BCUT2D eigenvalue weighted by Crippen LogP contribution is 2.32. The third kappa shape index (κ3) is 2.65. The van der Waals surface area contributed by atoms with Gasteiger partial charge in [0.1, 0.15) is 18.6 Å². The monoisotopic (exact) mass is 226 g/mol. The van der Waals surface area contributed by atoms with E-state index in [1.54, 1.807) is 0 Å². The highest BCUT2D eigenvalue weighted by atomic mass is 19.4. The van der Waals surface area contributed by atoms with Crippen LogP contribution in [0.25, 0.3) is 0 Å².